The van der Waals surface area contributed by atoms with Gasteiger partial charge in [0.2, 0.25) is 0 Å². The fourth-order valence-corrected chi connectivity index (χ4v) is 5.44. The minimum atomic E-state index is -0.832. The minimum absolute atomic E-state index is 0.00482. The molecule has 6 rings (SSSR count). The van der Waals surface area contributed by atoms with E-state index in [1.165, 1.54) is 13.2 Å². The van der Waals surface area contributed by atoms with E-state index in [0.29, 0.717) is 28.0 Å². The fourth-order valence-electron chi connectivity index (χ4n) is 5.44. The Kier molecular flexibility index (Phi) is 10.7. The van der Waals surface area contributed by atoms with Crippen molar-refractivity contribution in [2.24, 2.45) is 0 Å². The van der Waals surface area contributed by atoms with Gasteiger partial charge >= 0.3 is 0 Å². The van der Waals surface area contributed by atoms with Gasteiger partial charge in [-0.3, -0.25) is 9.59 Å². The van der Waals surface area contributed by atoms with Crippen molar-refractivity contribution in [3.8, 4) is 11.5 Å². The number of nitrogens with zero attached hydrogens (tertiary/aromatic N) is 2. The second kappa shape index (κ2) is 15.8. The molecule has 0 radical (unpaired) electrons. The first-order valence-electron chi connectivity index (χ1n) is 16.0. The third-order valence-corrected chi connectivity index (χ3v) is 8.10. The van der Waals surface area contributed by atoms with E-state index < -0.39 is 23.1 Å². The molecule has 0 fully saturated rings. The number of pyridine rings is 2. The number of anilines is 1. The molecule has 11 heteroatoms. The number of methoxy groups -OCH3 is 2. The lowest BCUT2D eigenvalue weighted by Gasteiger charge is -2.19. The number of fused-ring (bicyclic) bond motifs is 1. The van der Waals surface area contributed by atoms with E-state index in [1.54, 1.807) is 37.6 Å². The zero-order chi connectivity index (χ0) is 35.7. The van der Waals surface area contributed by atoms with Crippen molar-refractivity contribution in [2.75, 3.05) is 19.5 Å². The number of carbonyl (C=O) groups is 1. The van der Waals surface area contributed by atoms with E-state index in [4.69, 9.17) is 14.3 Å². The molecular weight excluding hydrogens is 654 g/mol. The first kappa shape index (κ1) is 34.4. The zero-order valence-electron chi connectivity index (χ0n) is 27.9. The number of halogens is 2. The standard InChI is InChI=1S/C40H34F2N4O5/c1-49-32-18-16-30(35(21-32)50-2)24-43-37-33-19-28(14-13-26-9-5-3-6-10-26)22-44-38(33)46(51-25-27-11-7-4-8-12-27)40(48)36(37)39(47)45-23-29-15-17-31(41)20-34(29)42/h3-22,43H,23-25H2,1-2H3,(H,45,47). The molecule has 258 valence electrons. The highest BCUT2D eigenvalue weighted by Crippen LogP contribution is 2.30. The highest BCUT2D eigenvalue weighted by molar-refractivity contribution is 6.06. The third kappa shape index (κ3) is 8.05. The van der Waals surface area contributed by atoms with Crippen LogP contribution in [0.1, 0.15) is 38.2 Å². The molecule has 2 aromatic heterocycles. The van der Waals surface area contributed by atoms with E-state index in [9.17, 15) is 18.4 Å². The number of aromatic nitrogens is 2. The molecule has 0 unspecified atom stereocenters. The molecule has 9 nitrogen and oxygen atoms in total. The van der Waals surface area contributed by atoms with E-state index in [1.807, 2.05) is 72.8 Å². The number of benzene rings is 4. The van der Waals surface area contributed by atoms with Crippen LogP contribution in [0, 0.1) is 11.6 Å². The van der Waals surface area contributed by atoms with Gasteiger partial charge in [-0.15, -0.1) is 4.73 Å². The lowest BCUT2D eigenvalue weighted by Crippen LogP contribution is -2.37. The number of hydrogen-bond acceptors (Lipinski definition) is 7. The predicted molar refractivity (Wildman–Crippen MR) is 192 cm³/mol. The van der Waals surface area contributed by atoms with Crippen molar-refractivity contribution in [1.82, 2.24) is 15.0 Å². The van der Waals surface area contributed by atoms with Gasteiger partial charge in [-0.2, -0.15) is 0 Å². The van der Waals surface area contributed by atoms with Crippen molar-refractivity contribution in [1.29, 1.82) is 0 Å². The van der Waals surface area contributed by atoms with Gasteiger partial charge in [0.15, 0.2) is 5.65 Å². The maximum Gasteiger partial charge on any atom is 0.300 e. The molecule has 1 amide bonds. The summed E-state index contributed by atoms with van der Waals surface area (Å²) >= 11 is 0. The molecule has 0 bridgehead atoms. The van der Waals surface area contributed by atoms with Crippen LogP contribution in [0.5, 0.6) is 11.5 Å². The largest absolute Gasteiger partial charge is 0.497 e. The number of hydrogen-bond donors (Lipinski definition) is 2. The molecule has 0 saturated carbocycles. The number of ether oxygens (including phenoxy) is 2. The molecule has 0 spiro atoms. The third-order valence-electron chi connectivity index (χ3n) is 8.10. The van der Waals surface area contributed by atoms with Gasteiger partial charge in [0.05, 0.1) is 19.9 Å². The summed E-state index contributed by atoms with van der Waals surface area (Å²) in [4.78, 5) is 39.0. The zero-order valence-corrected chi connectivity index (χ0v) is 27.9. The summed E-state index contributed by atoms with van der Waals surface area (Å²) in [5, 5.41) is 6.33. The first-order chi connectivity index (χ1) is 24.8. The van der Waals surface area contributed by atoms with Crippen LogP contribution in [0.25, 0.3) is 23.2 Å². The van der Waals surface area contributed by atoms with E-state index in [2.05, 4.69) is 15.6 Å². The van der Waals surface area contributed by atoms with Crippen molar-refractivity contribution >= 4 is 34.8 Å². The Morgan fingerprint density at radius 3 is 2.27 bits per heavy atom. The van der Waals surface area contributed by atoms with E-state index in [-0.39, 0.29) is 42.2 Å². The van der Waals surface area contributed by atoms with Crippen LogP contribution in [-0.4, -0.2) is 29.8 Å². The summed E-state index contributed by atoms with van der Waals surface area (Å²) in [6.45, 7) is -0.171. The molecule has 2 N–H and O–H groups in total. The number of nitrogens with one attached hydrogen (secondary N) is 2. The average molecular weight is 689 g/mol. The summed E-state index contributed by atoms with van der Waals surface area (Å²) in [5.41, 5.74) is 2.44. The summed E-state index contributed by atoms with van der Waals surface area (Å²) in [5.74, 6) is -1.28. The quantitative estimate of drug-likeness (QED) is 0.134. The normalized spacial score (nSPS) is 11.1. The molecular formula is C40H34F2N4O5. The Hall–Kier alpha value is -6.49. The highest BCUT2D eigenvalue weighted by atomic mass is 19.1. The molecule has 0 atom stereocenters. The molecule has 51 heavy (non-hydrogen) atoms. The summed E-state index contributed by atoms with van der Waals surface area (Å²) < 4.78 is 40.1. The van der Waals surface area contributed by atoms with Gasteiger partial charge in [0, 0.05) is 47.9 Å². The second-order valence-corrected chi connectivity index (χ2v) is 11.4. The molecule has 0 aliphatic heterocycles. The van der Waals surface area contributed by atoms with E-state index >= 15 is 0 Å². The Morgan fingerprint density at radius 1 is 0.824 bits per heavy atom. The first-order valence-corrected chi connectivity index (χ1v) is 16.0. The van der Waals surface area contributed by atoms with Crippen LogP contribution in [0.2, 0.25) is 0 Å². The van der Waals surface area contributed by atoms with Crippen LogP contribution < -0.4 is 30.5 Å². The van der Waals surface area contributed by atoms with Gasteiger partial charge < -0.3 is 24.9 Å². The predicted octanol–water partition coefficient (Wildman–Crippen LogP) is 7.03. The van der Waals surface area contributed by atoms with E-state index in [0.717, 1.165) is 28.0 Å². The van der Waals surface area contributed by atoms with Crippen LogP contribution in [0.3, 0.4) is 0 Å². The van der Waals surface area contributed by atoms with Crippen LogP contribution in [0.4, 0.5) is 14.5 Å². The summed E-state index contributed by atoms with van der Waals surface area (Å²) in [6.07, 6.45) is 5.40. The Bertz CT molecular complexity index is 2260. The van der Waals surface area contributed by atoms with Crippen molar-refractivity contribution < 1.29 is 27.9 Å². The Labute approximate surface area is 292 Å². The Balaban J connectivity index is 1.49. The summed E-state index contributed by atoms with van der Waals surface area (Å²) in [6, 6.07) is 29.1. The Morgan fingerprint density at radius 2 is 1.55 bits per heavy atom. The number of amides is 1. The molecule has 2 heterocycles. The van der Waals surface area contributed by atoms with Crippen molar-refractivity contribution in [3.05, 3.63) is 165 Å². The van der Waals surface area contributed by atoms with Crippen molar-refractivity contribution in [3.63, 3.8) is 0 Å². The number of carbonyl (C=O) groups excluding carboxylic acids is 1. The maximum atomic E-state index is 14.5. The lowest BCUT2D eigenvalue weighted by atomic mass is 10.1. The van der Waals surface area contributed by atoms with Gasteiger partial charge in [-0.05, 0) is 41.0 Å². The maximum absolute atomic E-state index is 14.5. The minimum Gasteiger partial charge on any atom is -0.497 e. The molecule has 0 saturated heterocycles. The molecule has 0 aliphatic rings. The molecule has 4 aromatic carbocycles. The second-order valence-electron chi connectivity index (χ2n) is 11.4. The molecule has 6 aromatic rings. The van der Waals surface area contributed by atoms with Crippen LogP contribution in [-0.2, 0) is 19.7 Å². The topological polar surface area (TPSA) is 104 Å². The fraction of sp³-hybridized carbons (Fsp3) is 0.125. The average Bonchev–Trinajstić information content (AvgIpc) is 3.16. The van der Waals surface area contributed by atoms with Gasteiger partial charge in [0.1, 0.15) is 35.3 Å². The lowest BCUT2D eigenvalue weighted by molar-refractivity contribution is 0.0898. The smallest absolute Gasteiger partial charge is 0.300 e. The summed E-state index contributed by atoms with van der Waals surface area (Å²) in [7, 11) is 3.08. The van der Waals surface area contributed by atoms with Gasteiger partial charge in [-0.25, -0.2) is 13.8 Å². The number of rotatable bonds is 13. The van der Waals surface area contributed by atoms with Crippen molar-refractivity contribution in [2.45, 2.75) is 19.7 Å². The molecule has 0 aliphatic carbocycles. The SMILES string of the molecule is COc1ccc(CNc2c(C(=O)NCc3ccc(F)cc3F)c(=O)n(OCc3ccccc3)c3ncc(C=Cc4ccccc4)cc23)c(OC)c1. The van der Waals surface area contributed by atoms with Crippen LogP contribution >= 0.6 is 0 Å². The van der Waals surface area contributed by atoms with Gasteiger partial charge in [-0.1, -0.05) is 78.9 Å². The highest BCUT2D eigenvalue weighted by Gasteiger charge is 2.25. The van der Waals surface area contributed by atoms with Crippen LogP contribution in [0.15, 0.2) is 114 Å². The monoisotopic (exact) mass is 688 g/mol. The van der Waals surface area contributed by atoms with Gasteiger partial charge in [0.25, 0.3) is 11.5 Å².